The van der Waals surface area contributed by atoms with Crippen LogP contribution >= 0.6 is 0 Å². The quantitative estimate of drug-likeness (QED) is 0.296. The number of hydrogen-bond acceptors (Lipinski definition) is 4. The van der Waals surface area contributed by atoms with Crippen molar-refractivity contribution in [1.29, 1.82) is 0 Å². The van der Waals surface area contributed by atoms with Crippen LogP contribution in [-0.4, -0.2) is 54.3 Å². The van der Waals surface area contributed by atoms with Crippen molar-refractivity contribution < 1.29 is 43.7 Å². The summed E-state index contributed by atoms with van der Waals surface area (Å²) in [5, 5.41) is 0. The molecule has 0 saturated heterocycles. The van der Waals surface area contributed by atoms with Crippen molar-refractivity contribution >= 4 is 31.6 Å². The van der Waals surface area contributed by atoms with E-state index >= 15 is 0 Å². The zero-order valence-corrected chi connectivity index (χ0v) is 18.9. The Morgan fingerprint density at radius 3 is 2.03 bits per heavy atom. The van der Waals surface area contributed by atoms with E-state index in [2.05, 4.69) is 0 Å². The third kappa shape index (κ3) is 6.74. The van der Waals surface area contributed by atoms with Crippen LogP contribution in [0.2, 0.25) is 0 Å². The molecule has 1 aliphatic heterocycles. The average molecular weight is 487 g/mol. The van der Waals surface area contributed by atoms with Crippen molar-refractivity contribution in [3.63, 3.8) is 0 Å². The van der Waals surface area contributed by atoms with E-state index in [1.54, 1.807) is 13.8 Å². The molecule has 31 heavy (non-hydrogen) atoms. The van der Waals surface area contributed by atoms with Gasteiger partial charge in [0.25, 0.3) is 20.2 Å². The molecule has 12 heteroatoms. The van der Waals surface area contributed by atoms with Gasteiger partial charge in [0, 0.05) is 25.0 Å². The molecule has 0 amide bonds. The molecule has 0 aliphatic carbocycles. The molecule has 1 heterocycles. The van der Waals surface area contributed by atoms with Gasteiger partial charge in [-0.3, -0.25) is 9.11 Å². The minimum Gasteiger partial charge on any atom is -0.286 e. The Bertz CT molecular complexity index is 1060. The van der Waals surface area contributed by atoms with Gasteiger partial charge in [-0.05, 0) is 38.3 Å². The summed E-state index contributed by atoms with van der Waals surface area (Å²) in [6.45, 7) is 3.95. The highest BCUT2D eigenvalue weighted by molar-refractivity contribution is 7.86. The maximum atomic E-state index is 13.3. The first-order chi connectivity index (χ1) is 14.0. The van der Waals surface area contributed by atoms with E-state index < -0.39 is 48.9 Å². The molecule has 0 aromatic heterocycles. The first-order valence-electron chi connectivity index (χ1n) is 9.78. The standard InChI is InChI=1S/C19H26F3NO6S2/c1-14-18(2,9-3-5-11-30(24,25)26)16-13-15(19(20,21)22)7-8-17(16)23(14)10-4-6-12-31(27,28)29/h7-8,13H,3-6,9-12H2,1-2H3,(H-,24,25,26,27,28,29)/p+1. The highest BCUT2D eigenvalue weighted by atomic mass is 32.2. The molecule has 1 aromatic rings. The number of nitrogens with zero attached hydrogens (tertiary/aromatic N) is 1. The van der Waals surface area contributed by atoms with Crippen LogP contribution in [0.4, 0.5) is 18.9 Å². The van der Waals surface area contributed by atoms with E-state index in [0.717, 1.165) is 17.8 Å². The lowest BCUT2D eigenvalue weighted by Gasteiger charge is -2.23. The van der Waals surface area contributed by atoms with Gasteiger partial charge in [0.2, 0.25) is 5.69 Å². The van der Waals surface area contributed by atoms with Crippen LogP contribution in [0.15, 0.2) is 18.2 Å². The molecule has 2 rings (SSSR count). The molecule has 0 spiro atoms. The van der Waals surface area contributed by atoms with E-state index in [1.807, 2.05) is 4.58 Å². The van der Waals surface area contributed by atoms with Gasteiger partial charge in [0.1, 0.15) is 6.54 Å². The predicted octanol–water partition coefficient (Wildman–Crippen LogP) is 3.81. The van der Waals surface area contributed by atoms with Crippen molar-refractivity contribution in [3.05, 3.63) is 29.3 Å². The molecule has 0 radical (unpaired) electrons. The molecule has 0 saturated carbocycles. The van der Waals surface area contributed by atoms with Crippen molar-refractivity contribution in [2.45, 2.75) is 57.5 Å². The Labute approximate surface area is 180 Å². The van der Waals surface area contributed by atoms with Gasteiger partial charge in [0.15, 0.2) is 5.71 Å². The fraction of sp³-hybridized carbons (Fsp3) is 0.632. The largest absolute Gasteiger partial charge is 0.416 e. The minimum atomic E-state index is -4.52. The fourth-order valence-corrected chi connectivity index (χ4v) is 5.12. The molecule has 1 aliphatic rings. The number of halogens is 3. The van der Waals surface area contributed by atoms with Gasteiger partial charge in [-0.2, -0.15) is 34.6 Å². The Morgan fingerprint density at radius 2 is 1.52 bits per heavy atom. The van der Waals surface area contributed by atoms with Crippen LogP contribution < -0.4 is 0 Å². The van der Waals surface area contributed by atoms with Gasteiger partial charge in [-0.15, -0.1) is 0 Å². The first-order valence-corrected chi connectivity index (χ1v) is 13.0. The predicted molar refractivity (Wildman–Crippen MR) is 110 cm³/mol. The number of benzene rings is 1. The fourth-order valence-electron chi connectivity index (χ4n) is 3.98. The maximum Gasteiger partial charge on any atom is 0.416 e. The lowest BCUT2D eigenvalue weighted by molar-refractivity contribution is -0.439. The Balaban J connectivity index is 2.32. The summed E-state index contributed by atoms with van der Waals surface area (Å²) in [6, 6.07) is 3.51. The Morgan fingerprint density at radius 1 is 0.968 bits per heavy atom. The average Bonchev–Trinajstić information content (AvgIpc) is 2.81. The van der Waals surface area contributed by atoms with Crippen LogP contribution in [0, 0.1) is 0 Å². The van der Waals surface area contributed by atoms with E-state index in [4.69, 9.17) is 9.11 Å². The molecule has 2 N–H and O–H groups in total. The second-order valence-electron chi connectivity index (χ2n) is 8.04. The first kappa shape index (κ1) is 25.8. The number of unbranched alkanes of at least 4 members (excludes halogenated alkanes) is 2. The number of hydrogen-bond donors (Lipinski definition) is 2. The summed E-state index contributed by atoms with van der Waals surface area (Å²) in [5.74, 6) is -0.816. The second kappa shape index (κ2) is 9.16. The monoisotopic (exact) mass is 486 g/mol. The molecule has 1 unspecified atom stereocenters. The second-order valence-corrected chi connectivity index (χ2v) is 11.2. The molecular formula is C19H27F3NO6S2+. The molecule has 1 atom stereocenters. The number of rotatable bonds is 10. The molecule has 176 valence electrons. The van der Waals surface area contributed by atoms with Crippen molar-refractivity contribution in [1.82, 2.24) is 0 Å². The Hall–Kier alpha value is -1.50. The van der Waals surface area contributed by atoms with Crippen LogP contribution in [0.1, 0.15) is 57.1 Å². The zero-order valence-electron chi connectivity index (χ0n) is 17.3. The molecular weight excluding hydrogens is 459 g/mol. The molecule has 7 nitrogen and oxygen atoms in total. The van der Waals surface area contributed by atoms with E-state index in [1.165, 1.54) is 6.07 Å². The zero-order chi connectivity index (χ0) is 23.7. The summed E-state index contributed by atoms with van der Waals surface area (Å²) >= 11 is 0. The van der Waals surface area contributed by atoms with Gasteiger partial charge < -0.3 is 0 Å². The highest BCUT2D eigenvalue weighted by Gasteiger charge is 2.47. The summed E-state index contributed by atoms with van der Waals surface area (Å²) in [6.07, 6.45) is -2.99. The van der Waals surface area contributed by atoms with Crippen LogP contribution in [-0.2, 0) is 31.8 Å². The normalized spacial score (nSPS) is 19.7. The van der Waals surface area contributed by atoms with Crippen LogP contribution in [0.25, 0.3) is 0 Å². The lowest BCUT2D eigenvalue weighted by atomic mass is 9.75. The summed E-state index contributed by atoms with van der Waals surface area (Å²) in [5.41, 5.74) is 0.284. The maximum absolute atomic E-state index is 13.3. The Kier molecular flexibility index (Phi) is 7.61. The highest BCUT2D eigenvalue weighted by Crippen LogP contribution is 2.45. The smallest absolute Gasteiger partial charge is 0.286 e. The van der Waals surface area contributed by atoms with E-state index in [-0.39, 0.29) is 12.8 Å². The van der Waals surface area contributed by atoms with E-state index in [0.29, 0.717) is 37.1 Å². The topological polar surface area (TPSA) is 112 Å². The third-order valence-corrected chi connectivity index (χ3v) is 7.38. The SMILES string of the molecule is CC1=[N+](CCCCS(=O)(=O)O)c2ccc(C(F)(F)F)cc2C1(C)CCCCS(=O)(=O)O. The molecule has 1 aromatic carbocycles. The number of alkyl halides is 3. The molecule has 0 fully saturated rings. The van der Waals surface area contributed by atoms with Crippen molar-refractivity contribution in [3.8, 4) is 0 Å². The van der Waals surface area contributed by atoms with Crippen LogP contribution in [0.5, 0.6) is 0 Å². The van der Waals surface area contributed by atoms with Crippen molar-refractivity contribution in [2.24, 2.45) is 0 Å². The van der Waals surface area contributed by atoms with Gasteiger partial charge in [-0.25, -0.2) is 0 Å². The van der Waals surface area contributed by atoms with Gasteiger partial charge in [0.05, 0.1) is 22.5 Å². The third-order valence-electron chi connectivity index (χ3n) is 5.78. The van der Waals surface area contributed by atoms with Crippen molar-refractivity contribution in [2.75, 3.05) is 18.1 Å². The van der Waals surface area contributed by atoms with Gasteiger partial charge in [-0.1, -0.05) is 6.42 Å². The van der Waals surface area contributed by atoms with Gasteiger partial charge >= 0.3 is 6.18 Å². The molecule has 0 bridgehead atoms. The van der Waals surface area contributed by atoms with E-state index in [9.17, 15) is 30.0 Å². The summed E-state index contributed by atoms with van der Waals surface area (Å²) in [4.78, 5) is 0. The lowest BCUT2D eigenvalue weighted by Crippen LogP contribution is -2.31. The summed E-state index contributed by atoms with van der Waals surface area (Å²) < 4.78 is 103. The van der Waals surface area contributed by atoms with Crippen LogP contribution in [0.3, 0.4) is 0 Å². The minimum absolute atomic E-state index is 0.171. The number of fused-ring (bicyclic) bond motifs is 1. The summed E-state index contributed by atoms with van der Waals surface area (Å²) in [7, 11) is -8.20.